The Kier molecular flexibility index (Phi) is 7.59. The molecule has 4 atom stereocenters. The highest BCUT2D eigenvalue weighted by molar-refractivity contribution is 5.84. The molecule has 202 valence electrons. The molecule has 0 spiro atoms. The van der Waals surface area contributed by atoms with Crippen LogP contribution in [0.1, 0.15) is 48.8 Å². The molecule has 38 heavy (non-hydrogen) atoms. The molecule has 2 aliphatic rings. The number of pyridine rings is 1. The molecule has 0 bridgehead atoms. The summed E-state index contributed by atoms with van der Waals surface area (Å²) < 4.78 is 48.1. The molecule has 2 unspecified atom stereocenters. The highest BCUT2D eigenvalue weighted by atomic mass is 19.1. The number of piperidine rings is 1. The third-order valence-corrected chi connectivity index (χ3v) is 8.44. The molecule has 2 aromatic carbocycles. The smallest absolute Gasteiger partial charge is 0.308 e. The van der Waals surface area contributed by atoms with E-state index in [9.17, 15) is 23.8 Å². The number of methoxy groups -OCH3 is 1. The van der Waals surface area contributed by atoms with E-state index in [1.54, 1.807) is 18.2 Å². The number of aliphatic carboxylic acids is 1. The fourth-order valence-corrected chi connectivity index (χ4v) is 6.48. The van der Waals surface area contributed by atoms with E-state index >= 15 is 4.39 Å². The van der Waals surface area contributed by atoms with Crippen LogP contribution in [0, 0.1) is 41.1 Å². The van der Waals surface area contributed by atoms with E-state index in [0.29, 0.717) is 54.6 Å². The van der Waals surface area contributed by atoms with Gasteiger partial charge in [-0.1, -0.05) is 0 Å². The molecule has 1 aliphatic heterocycles. The fourth-order valence-electron chi connectivity index (χ4n) is 6.48. The van der Waals surface area contributed by atoms with Gasteiger partial charge >= 0.3 is 5.97 Å². The van der Waals surface area contributed by atoms with Gasteiger partial charge in [-0.25, -0.2) is 13.2 Å². The maximum absolute atomic E-state index is 15.1. The second-order valence-corrected chi connectivity index (χ2v) is 10.6. The van der Waals surface area contributed by atoms with Crippen LogP contribution < -0.4 is 10.1 Å². The Balaban J connectivity index is 1.45. The number of ether oxygens (including phenoxy) is 1. The van der Waals surface area contributed by atoms with Gasteiger partial charge in [0.25, 0.3) is 0 Å². The number of rotatable bonds is 8. The van der Waals surface area contributed by atoms with Gasteiger partial charge in [-0.05, 0) is 91.8 Å². The molecule has 2 heterocycles. The number of aromatic nitrogens is 1. The van der Waals surface area contributed by atoms with Crippen molar-refractivity contribution >= 4 is 16.9 Å². The normalized spacial score (nSPS) is 25.0. The van der Waals surface area contributed by atoms with E-state index in [1.165, 1.54) is 19.2 Å². The van der Waals surface area contributed by atoms with Crippen molar-refractivity contribution in [1.82, 2.24) is 10.3 Å². The molecule has 1 aliphatic carbocycles. The Bertz CT molecular complexity index is 1310. The van der Waals surface area contributed by atoms with Crippen molar-refractivity contribution in [3.8, 4) is 5.75 Å². The summed E-state index contributed by atoms with van der Waals surface area (Å²) >= 11 is 0. The topological polar surface area (TPSA) is 91.7 Å². The lowest BCUT2D eigenvalue weighted by molar-refractivity contribution is -0.146. The summed E-state index contributed by atoms with van der Waals surface area (Å²) in [7, 11) is 1.50. The Hall–Kier alpha value is -3.17. The van der Waals surface area contributed by atoms with Gasteiger partial charge in [-0.3, -0.25) is 9.78 Å². The van der Waals surface area contributed by atoms with Crippen LogP contribution in [0.2, 0.25) is 0 Å². The van der Waals surface area contributed by atoms with Crippen molar-refractivity contribution in [3.63, 3.8) is 0 Å². The number of nitrogens with zero attached hydrogens (tertiary/aromatic N) is 1. The minimum absolute atomic E-state index is 0.0247. The van der Waals surface area contributed by atoms with Gasteiger partial charge in [-0.15, -0.1) is 0 Å². The minimum Gasteiger partial charge on any atom is -0.497 e. The molecule has 1 saturated heterocycles. The fraction of sp³-hybridized carbons (Fsp3) is 0.448. The number of aliphatic hydroxyl groups is 1. The second-order valence-electron chi connectivity index (χ2n) is 10.6. The number of hydrogen-bond acceptors (Lipinski definition) is 5. The van der Waals surface area contributed by atoms with Crippen molar-refractivity contribution in [2.75, 3.05) is 20.2 Å². The van der Waals surface area contributed by atoms with Gasteiger partial charge in [0.2, 0.25) is 0 Å². The molecule has 5 rings (SSSR count). The maximum Gasteiger partial charge on any atom is 0.308 e. The van der Waals surface area contributed by atoms with Crippen LogP contribution >= 0.6 is 0 Å². The van der Waals surface area contributed by atoms with Crippen LogP contribution in [-0.4, -0.2) is 41.4 Å². The summed E-state index contributed by atoms with van der Waals surface area (Å²) in [4.78, 5) is 16.3. The summed E-state index contributed by atoms with van der Waals surface area (Å²) in [6, 6.07) is 8.56. The highest BCUT2D eigenvalue weighted by Gasteiger charge is 2.45. The largest absolute Gasteiger partial charge is 0.497 e. The zero-order valence-corrected chi connectivity index (χ0v) is 21.0. The number of carboxylic acids is 1. The Labute approximate surface area is 218 Å². The number of aliphatic hydroxyl groups excluding tert-OH is 1. The summed E-state index contributed by atoms with van der Waals surface area (Å²) in [6.45, 7) is 0.970. The predicted octanol–water partition coefficient (Wildman–Crippen LogP) is 5.20. The van der Waals surface area contributed by atoms with E-state index in [1.807, 2.05) is 0 Å². The van der Waals surface area contributed by atoms with Gasteiger partial charge in [0.15, 0.2) is 0 Å². The summed E-state index contributed by atoms with van der Waals surface area (Å²) in [5.74, 6) is -3.44. The van der Waals surface area contributed by atoms with Crippen molar-refractivity contribution in [2.45, 2.75) is 37.7 Å². The molecule has 1 saturated carbocycles. The molecule has 1 aromatic heterocycles. The van der Waals surface area contributed by atoms with Crippen molar-refractivity contribution < 1.29 is 32.9 Å². The molecule has 0 amide bonds. The van der Waals surface area contributed by atoms with Gasteiger partial charge in [0.05, 0.1) is 30.8 Å². The lowest BCUT2D eigenvalue weighted by atomic mass is 9.59. The zero-order chi connectivity index (χ0) is 27.0. The number of halogens is 3. The number of carbonyl (C=O) groups is 1. The summed E-state index contributed by atoms with van der Waals surface area (Å²) in [5.41, 5.74) is 1.21. The van der Waals surface area contributed by atoms with Crippen molar-refractivity contribution in [2.24, 2.45) is 23.7 Å². The van der Waals surface area contributed by atoms with Crippen LogP contribution in [0.15, 0.2) is 42.6 Å². The maximum atomic E-state index is 15.1. The third-order valence-electron chi connectivity index (χ3n) is 8.44. The first-order chi connectivity index (χ1) is 18.2. The van der Waals surface area contributed by atoms with Gasteiger partial charge in [0.1, 0.15) is 23.2 Å². The van der Waals surface area contributed by atoms with Crippen LogP contribution in [0.4, 0.5) is 13.2 Å². The first kappa shape index (κ1) is 26.4. The molecule has 6 nitrogen and oxygen atoms in total. The number of carboxylic acid groups (broad SMARTS) is 1. The third kappa shape index (κ3) is 5.22. The van der Waals surface area contributed by atoms with Gasteiger partial charge in [0, 0.05) is 23.6 Å². The van der Waals surface area contributed by atoms with Crippen LogP contribution in [0.5, 0.6) is 5.75 Å². The molecule has 3 N–H and O–H groups in total. The number of nitrogens with one attached hydrogen (secondary N) is 1. The average molecular weight is 529 g/mol. The number of fused-ring (bicyclic) bond motifs is 1. The van der Waals surface area contributed by atoms with Gasteiger partial charge in [-0.2, -0.15) is 0 Å². The van der Waals surface area contributed by atoms with E-state index < -0.39 is 35.4 Å². The van der Waals surface area contributed by atoms with Crippen LogP contribution in [-0.2, 0) is 4.79 Å². The predicted molar refractivity (Wildman–Crippen MR) is 135 cm³/mol. The van der Waals surface area contributed by atoms with Crippen LogP contribution in [0.3, 0.4) is 0 Å². The lowest BCUT2D eigenvalue weighted by Crippen LogP contribution is -2.47. The SMILES string of the molecule is COc1ccc2ncc(F)c([C@H](O)C[C@H](C3CC(c4cc(F)cc(F)c4)C3)C3CCNCC3C(=O)O)c2c1. The highest BCUT2D eigenvalue weighted by Crippen LogP contribution is 2.52. The molecule has 0 radical (unpaired) electrons. The van der Waals surface area contributed by atoms with E-state index in [2.05, 4.69) is 10.3 Å². The number of benzene rings is 2. The van der Waals surface area contributed by atoms with Crippen LogP contribution in [0.25, 0.3) is 10.9 Å². The Morgan fingerprint density at radius 3 is 2.58 bits per heavy atom. The molecule has 2 fully saturated rings. The van der Waals surface area contributed by atoms with E-state index in [4.69, 9.17) is 4.74 Å². The Morgan fingerprint density at radius 1 is 1.16 bits per heavy atom. The summed E-state index contributed by atoms with van der Waals surface area (Å²) in [6.07, 6.45) is 1.89. The minimum atomic E-state index is -1.20. The van der Waals surface area contributed by atoms with Gasteiger partial charge < -0.3 is 20.3 Å². The lowest BCUT2D eigenvalue weighted by Gasteiger charge is -2.47. The Morgan fingerprint density at radius 2 is 1.89 bits per heavy atom. The standard InChI is InChI=1S/C29H31F3N2O4/c1-38-20-2-3-26-23(11-20)28(25(32)14-34-26)27(35)12-22(21-4-5-33-13-24(21)29(36)37)17-6-15(7-17)16-8-18(30)10-19(31)9-16/h2-3,8-11,14-15,17,21-22,24,27,33,35H,4-7,12-13H2,1H3,(H,36,37)/t15?,17?,21?,22-,24?,27-/m1/s1. The first-order valence-electron chi connectivity index (χ1n) is 12.9. The average Bonchev–Trinajstić information content (AvgIpc) is 2.86. The second kappa shape index (κ2) is 10.9. The molecule has 9 heteroatoms. The van der Waals surface area contributed by atoms with E-state index in [-0.39, 0.29) is 35.7 Å². The van der Waals surface area contributed by atoms with Crippen molar-refractivity contribution in [3.05, 3.63) is 71.2 Å². The van der Waals surface area contributed by atoms with E-state index in [0.717, 1.165) is 12.3 Å². The monoisotopic (exact) mass is 528 g/mol. The quantitative estimate of drug-likeness (QED) is 0.372. The molecular weight excluding hydrogens is 497 g/mol. The zero-order valence-electron chi connectivity index (χ0n) is 21.0. The molecular formula is C29H31F3N2O4. The summed E-state index contributed by atoms with van der Waals surface area (Å²) in [5, 5.41) is 25.0. The molecule has 3 aromatic rings. The van der Waals surface area contributed by atoms with Crippen molar-refractivity contribution in [1.29, 1.82) is 0 Å². The number of hydrogen-bond donors (Lipinski definition) is 3. The first-order valence-corrected chi connectivity index (χ1v) is 12.9.